The van der Waals surface area contributed by atoms with E-state index in [0.717, 1.165) is 12.8 Å². The van der Waals surface area contributed by atoms with Crippen LogP contribution in [0.15, 0.2) is 17.1 Å². The second kappa shape index (κ2) is 4.37. The molecule has 0 radical (unpaired) electrons. The smallest absolute Gasteiger partial charge is 0.251 e. The first-order valence-corrected chi connectivity index (χ1v) is 4.91. The van der Waals surface area contributed by atoms with Crippen molar-refractivity contribution in [2.24, 2.45) is 0 Å². The van der Waals surface area contributed by atoms with E-state index in [-0.39, 0.29) is 5.56 Å². The molecular formula is C9H14N2OS. The zero-order valence-corrected chi connectivity index (χ0v) is 8.73. The van der Waals surface area contributed by atoms with Gasteiger partial charge in [0.05, 0.1) is 0 Å². The molecule has 3 nitrogen and oxygen atoms in total. The minimum atomic E-state index is -0.132. The summed E-state index contributed by atoms with van der Waals surface area (Å²) in [5.41, 5.74) is -0.132. The van der Waals surface area contributed by atoms with Crippen LogP contribution in [0.4, 0.5) is 0 Å². The molecule has 4 heteroatoms. The summed E-state index contributed by atoms with van der Waals surface area (Å²) in [6.07, 6.45) is 3.81. The average molecular weight is 198 g/mol. The molecule has 0 spiro atoms. The molecular weight excluding hydrogens is 184 g/mol. The van der Waals surface area contributed by atoms with Crippen molar-refractivity contribution in [1.82, 2.24) is 9.55 Å². The first-order valence-electron chi connectivity index (χ1n) is 4.50. The van der Waals surface area contributed by atoms with Crippen LogP contribution in [0, 0.1) is 4.77 Å². The van der Waals surface area contributed by atoms with Crippen molar-refractivity contribution in [3.05, 3.63) is 27.4 Å². The predicted molar refractivity (Wildman–Crippen MR) is 55.5 cm³/mol. The fraction of sp³-hybridized carbons (Fsp3) is 0.556. The minimum absolute atomic E-state index is 0.132. The zero-order chi connectivity index (χ0) is 9.84. The van der Waals surface area contributed by atoms with Gasteiger partial charge in [-0.05, 0) is 25.1 Å². The molecule has 0 aliphatic heterocycles. The van der Waals surface area contributed by atoms with E-state index in [4.69, 9.17) is 12.2 Å². The van der Waals surface area contributed by atoms with Crippen LogP contribution < -0.4 is 5.56 Å². The van der Waals surface area contributed by atoms with E-state index >= 15 is 0 Å². The van der Waals surface area contributed by atoms with Gasteiger partial charge in [0.25, 0.3) is 5.56 Å². The van der Waals surface area contributed by atoms with Crippen LogP contribution in [0.2, 0.25) is 0 Å². The second-order valence-electron chi connectivity index (χ2n) is 2.99. The molecule has 0 aromatic carbocycles. The van der Waals surface area contributed by atoms with E-state index in [1.807, 2.05) is 4.57 Å². The Morgan fingerprint density at radius 3 is 2.62 bits per heavy atom. The van der Waals surface area contributed by atoms with Gasteiger partial charge in [0.2, 0.25) is 0 Å². The summed E-state index contributed by atoms with van der Waals surface area (Å²) in [6.45, 7) is 4.22. The van der Waals surface area contributed by atoms with Gasteiger partial charge >= 0.3 is 0 Å². The Balaban J connectivity index is 3.14. The third-order valence-electron chi connectivity index (χ3n) is 2.19. The van der Waals surface area contributed by atoms with E-state index in [1.165, 1.54) is 6.07 Å². The first kappa shape index (κ1) is 10.2. The lowest BCUT2D eigenvalue weighted by Crippen LogP contribution is -2.15. The number of nitrogens with zero attached hydrogens (tertiary/aromatic N) is 1. The zero-order valence-electron chi connectivity index (χ0n) is 7.91. The molecule has 1 N–H and O–H groups in total. The fourth-order valence-corrected chi connectivity index (χ4v) is 1.71. The fourth-order valence-electron chi connectivity index (χ4n) is 1.40. The van der Waals surface area contributed by atoms with Gasteiger partial charge in [-0.25, -0.2) is 0 Å². The van der Waals surface area contributed by atoms with Crippen molar-refractivity contribution in [1.29, 1.82) is 0 Å². The normalized spacial score (nSPS) is 10.7. The monoisotopic (exact) mass is 198 g/mol. The van der Waals surface area contributed by atoms with E-state index in [0.29, 0.717) is 10.8 Å². The number of aromatic amines is 1. The Morgan fingerprint density at radius 2 is 2.15 bits per heavy atom. The molecule has 0 atom stereocenters. The van der Waals surface area contributed by atoms with Crippen LogP contribution in [-0.2, 0) is 0 Å². The summed E-state index contributed by atoms with van der Waals surface area (Å²) in [5, 5.41) is 0. The van der Waals surface area contributed by atoms with Crippen molar-refractivity contribution in [3.8, 4) is 0 Å². The van der Waals surface area contributed by atoms with Crippen molar-refractivity contribution >= 4 is 12.2 Å². The maximum atomic E-state index is 10.9. The lowest BCUT2D eigenvalue weighted by atomic mass is 10.2. The molecule has 72 valence electrons. The Bertz CT molecular complexity index is 376. The highest BCUT2D eigenvalue weighted by Crippen LogP contribution is 2.13. The minimum Gasteiger partial charge on any atom is -0.322 e. The standard InChI is InChI=1S/C9H14N2OS/c1-3-7(4-2)11-6-5-8(12)10-9(11)13/h5-7H,3-4H2,1-2H3,(H,10,12,13). The maximum Gasteiger partial charge on any atom is 0.251 e. The van der Waals surface area contributed by atoms with Crippen LogP contribution >= 0.6 is 12.2 Å². The van der Waals surface area contributed by atoms with E-state index in [2.05, 4.69) is 18.8 Å². The number of rotatable bonds is 3. The van der Waals surface area contributed by atoms with E-state index in [1.54, 1.807) is 6.20 Å². The molecule has 0 fully saturated rings. The van der Waals surface area contributed by atoms with Crippen LogP contribution in [0.25, 0.3) is 0 Å². The third kappa shape index (κ3) is 2.28. The van der Waals surface area contributed by atoms with Gasteiger partial charge in [0, 0.05) is 18.3 Å². The summed E-state index contributed by atoms with van der Waals surface area (Å²) in [5.74, 6) is 0. The quantitative estimate of drug-likeness (QED) is 0.756. The van der Waals surface area contributed by atoms with Crippen LogP contribution in [0.3, 0.4) is 0 Å². The molecule has 0 aliphatic carbocycles. The molecule has 0 saturated heterocycles. The average Bonchev–Trinajstić information content (AvgIpc) is 2.10. The topological polar surface area (TPSA) is 37.8 Å². The Morgan fingerprint density at radius 1 is 1.54 bits per heavy atom. The highest BCUT2D eigenvalue weighted by molar-refractivity contribution is 7.71. The SMILES string of the molecule is CCC(CC)n1ccc(=O)[nH]c1=S. The summed E-state index contributed by atoms with van der Waals surface area (Å²) in [7, 11) is 0. The number of aromatic nitrogens is 2. The second-order valence-corrected chi connectivity index (χ2v) is 3.37. The lowest BCUT2D eigenvalue weighted by molar-refractivity contribution is 0.457. The molecule has 0 saturated carbocycles. The molecule has 1 heterocycles. The Kier molecular flexibility index (Phi) is 3.42. The number of hydrogen-bond donors (Lipinski definition) is 1. The van der Waals surface area contributed by atoms with Gasteiger partial charge in [0.1, 0.15) is 0 Å². The molecule has 0 amide bonds. The summed E-state index contributed by atoms with van der Waals surface area (Å²) in [6, 6.07) is 1.90. The summed E-state index contributed by atoms with van der Waals surface area (Å²) in [4.78, 5) is 13.5. The highest BCUT2D eigenvalue weighted by atomic mass is 32.1. The third-order valence-corrected chi connectivity index (χ3v) is 2.50. The Labute approximate surface area is 82.4 Å². The van der Waals surface area contributed by atoms with Gasteiger partial charge in [-0.1, -0.05) is 13.8 Å². The van der Waals surface area contributed by atoms with Crippen LogP contribution in [0.1, 0.15) is 32.7 Å². The van der Waals surface area contributed by atoms with Crippen molar-refractivity contribution in [3.63, 3.8) is 0 Å². The first-order chi connectivity index (χ1) is 6.19. The van der Waals surface area contributed by atoms with E-state index < -0.39 is 0 Å². The van der Waals surface area contributed by atoms with Crippen LogP contribution in [-0.4, -0.2) is 9.55 Å². The molecule has 1 rings (SSSR count). The van der Waals surface area contributed by atoms with Gasteiger partial charge in [-0.2, -0.15) is 0 Å². The van der Waals surface area contributed by atoms with Crippen molar-refractivity contribution in [2.45, 2.75) is 32.7 Å². The predicted octanol–water partition coefficient (Wildman–Crippen LogP) is 2.27. The van der Waals surface area contributed by atoms with Gasteiger partial charge in [-0.15, -0.1) is 0 Å². The van der Waals surface area contributed by atoms with Gasteiger partial charge in [-0.3, -0.25) is 9.78 Å². The highest BCUT2D eigenvalue weighted by Gasteiger charge is 2.04. The molecule has 1 aromatic rings. The molecule has 1 aromatic heterocycles. The molecule has 0 aliphatic rings. The van der Waals surface area contributed by atoms with Crippen molar-refractivity contribution < 1.29 is 0 Å². The lowest BCUT2D eigenvalue weighted by Gasteiger charge is -2.16. The number of hydrogen-bond acceptors (Lipinski definition) is 2. The Hall–Kier alpha value is -0.900. The molecule has 0 unspecified atom stereocenters. The summed E-state index contributed by atoms with van der Waals surface area (Å²) >= 11 is 5.06. The number of nitrogens with one attached hydrogen (secondary N) is 1. The van der Waals surface area contributed by atoms with Gasteiger partial charge < -0.3 is 4.57 Å². The maximum absolute atomic E-state index is 10.9. The van der Waals surface area contributed by atoms with Crippen LogP contribution in [0.5, 0.6) is 0 Å². The summed E-state index contributed by atoms with van der Waals surface area (Å²) < 4.78 is 2.46. The van der Waals surface area contributed by atoms with Gasteiger partial charge in [0.15, 0.2) is 4.77 Å². The van der Waals surface area contributed by atoms with Crippen molar-refractivity contribution in [2.75, 3.05) is 0 Å². The molecule has 0 bridgehead atoms. The number of H-pyrrole nitrogens is 1. The largest absolute Gasteiger partial charge is 0.322 e. The molecule has 13 heavy (non-hydrogen) atoms. The van der Waals surface area contributed by atoms with E-state index in [9.17, 15) is 4.79 Å².